The van der Waals surface area contributed by atoms with Crippen molar-refractivity contribution in [3.8, 4) is 0 Å². The lowest BCUT2D eigenvalue weighted by molar-refractivity contribution is -0.132. The van der Waals surface area contributed by atoms with Crippen LogP contribution in [0.4, 0.5) is 0 Å². The number of ether oxygens (including phenoxy) is 1. The highest BCUT2D eigenvalue weighted by Gasteiger charge is 2.14. The van der Waals surface area contributed by atoms with E-state index in [-0.39, 0.29) is 5.91 Å². The summed E-state index contributed by atoms with van der Waals surface area (Å²) in [7, 11) is 0. The predicted octanol–water partition coefficient (Wildman–Crippen LogP) is 2.55. The van der Waals surface area contributed by atoms with Crippen molar-refractivity contribution in [2.24, 2.45) is 0 Å². The van der Waals surface area contributed by atoms with Crippen molar-refractivity contribution in [1.82, 2.24) is 20.1 Å². The number of hydrogen-bond acceptors (Lipinski definition) is 4. The lowest BCUT2D eigenvalue weighted by atomic mass is 10.1. The summed E-state index contributed by atoms with van der Waals surface area (Å²) in [4.78, 5) is 16.3. The molecule has 0 unspecified atom stereocenters. The number of carbonyl (C=O) groups excluding carboxylic acids is 1. The maximum atomic E-state index is 12.3. The molecule has 2 aromatic carbocycles. The minimum absolute atomic E-state index is 0.128. The molecule has 1 aromatic heterocycles. The monoisotopic (exact) mass is 350 g/mol. The number of amides is 1. The van der Waals surface area contributed by atoms with Crippen LogP contribution in [0, 0.1) is 0 Å². The van der Waals surface area contributed by atoms with Crippen molar-refractivity contribution in [3.05, 3.63) is 83.9 Å². The Morgan fingerprint density at radius 3 is 2.58 bits per heavy atom. The molecule has 0 spiro atoms. The molecule has 0 aliphatic heterocycles. The molecule has 0 aliphatic rings. The van der Waals surface area contributed by atoms with Crippen LogP contribution >= 0.6 is 0 Å². The highest BCUT2D eigenvalue weighted by atomic mass is 16.5. The molecular formula is C20H22N4O2. The number of hydrogen-bond donors (Lipinski definition) is 1. The molecule has 0 saturated carbocycles. The van der Waals surface area contributed by atoms with E-state index in [1.807, 2.05) is 54.6 Å². The van der Waals surface area contributed by atoms with E-state index in [4.69, 9.17) is 4.74 Å². The molecule has 3 aromatic rings. The van der Waals surface area contributed by atoms with Crippen LogP contribution in [0.25, 0.3) is 0 Å². The van der Waals surface area contributed by atoms with Gasteiger partial charge in [0.05, 0.1) is 13.2 Å². The quantitative estimate of drug-likeness (QED) is 0.678. The van der Waals surface area contributed by atoms with Gasteiger partial charge < -0.3 is 10.1 Å². The summed E-state index contributed by atoms with van der Waals surface area (Å²) >= 11 is 0. The average molecular weight is 350 g/mol. The van der Waals surface area contributed by atoms with E-state index in [2.05, 4.69) is 15.4 Å². The lowest BCUT2D eigenvalue weighted by Gasteiger charge is -2.15. The number of benzene rings is 2. The molecule has 0 aliphatic carbocycles. The second-order valence-electron chi connectivity index (χ2n) is 6.02. The minimum Gasteiger partial charge on any atom is -0.364 e. The van der Waals surface area contributed by atoms with Crippen molar-refractivity contribution in [1.29, 1.82) is 0 Å². The SMILES string of the molecule is C[C@@H](OCc1ccccc1)C(=O)NCc1ccccc1Cn1cncn1. The van der Waals surface area contributed by atoms with Gasteiger partial charge in [-0.05, 0) is 23.6 Å². The van der Waals surface area contributed by atoms with Crippen molar-refractivity contribution < 1.29 is 9.53 Å². The van der Waals surface area contributed by atoms with Gasteiger partial charge in [0.1, 0.15) is 18.8 Å². The van der Waals surface area contributed by atoms with Crippen molar-refractivity contribution in [3.63, 3.8) is 0 Å². The van der Waals surface area contributed by atoms with Gasteiger partial charge in [-0.2, -0.15) is 5.10 Å². The number of nitrogens with one attached hydrogen (secondary N) is 1. The van der Waals surface area contributed by atoms with Crippen molar-refractivity contribution in [2.75, 3.05) is 0 Å². The zero-order valence-electron chi connectivity index (χ0n) is 14.7. The third kappa shape index (κ3) is 5.00. The smallest absolute Gasteiger partial charge is 0.249 e. The van der Waals surface area contributed by atoms with Crippen LogP contribution in [0.5, 0.6) is 0 Å². The molecule has 1 amide bonds. The van der Waals surface area contributed by atoms with E-state index >= 15 is 0 Å². The Bertz CT molecular complexity index is 819. The Labute approximate surface area is 152 Å². The maximum absolute atomic E-state index is 12.3. The Kier molecular flexibility index (Phi) is 6.11. The lowest BCUT2D eigenvalue weighted by Crippen LogP contribution is -2.34. The van der Waals surface area contributed by atoms with Crippen LogP contribution in [-0.2, 0) is 29.2 Å². The summed E-state index contributed by atoms with van der Waals surface area (Å²) in [6.45, 7) is 3.24. The third-order valence-electron chi connectivity index (χ3n) is 4.08. The van der Waals surface area contributed by atoms with Gasteiger partial charge in [-0.1, -0.05) is 54.6 Å². The molecule has 134 valence electrons. The van der Waals surface area contributed by atoms with Gasteiger partial charge >= 0.3 is 0 Å². The van der Waals surface area contributed by atoms with E-state index in [0.717, 1.165) is 16.7 Å². The summed E-state index contributed by atoms with van der Waals surface area (Å²) < 4.78 is 7.42. The van der Waals surface area contributed by atoms with Gasteiger partial charge in [0.2, 0.25) is 5.91 Å². The van der Waals surface area contributed by atoms with Crippen molar-refractivity contribution >= 4 is 5.91 Å². The second kappa shape index (κ2) is 8.92. The second-order valence-corrected chi connectivity index (χ2v) is 6.02. The van der Waals surface area contributed by atoms with Crippen LogP contribution in [0.1, 0.15) is 23.6 Å². The van der Waals surface area contributed by atoms with Crippen LogP contribution in [0.3, 0.4) is 0 Å². The summed E-state index contributed by atoms with van der Waals surface area (Å²) in [5, 5.41) is 7.07. The first-order valence-corrected chi connectivity index (χ1v) is 8.55. The zero-order chi connectivity index (χ0) is 18.2. The predicted molar refractivity (Wildman–Crippen MR) is 98.1 cm³/mol. The van der Waals surface area contributed by atoms with E-state index < -0.39 is 6.10 Å². The molecule has 0 radical (unpaired) electrons. The molecule has 0 fully saturated rings. The zero-order valence-corrected chi connectivity index (χ0v) is 14.7. The van der Waals surface area contributed by atoms with Crippen LogP contribution in [0.2, 0.25) is 0 Å². The molecule has 6 heteroatoms. The van der Waals surface area contributed by atoms with Gasteiger partial charge in [0.25, 0.3) is 0 Å². The molecule has 6 nitrogen and oxygen atoms in total. The molecule has 1 heterocycles. The summed E-state index contributed by atoms with van der Waals surface area (Å²) in [5.41, 5.74) is 3.19. The standard InChI is InChI=1S/C20H22N4O2/c1-16(26-13-17-7-3-2-4-8-17)20(25)22-11-18-9-5-6-10-19(18)12-24-15-21-14-23-24/h2-10,14-16H,11-13H2,1H3,(H,22,25)/t16-/m1/s1. The van der Waals surface area contributed by atoms with E-state index in [0.29, 0.717) is 19.7 Å². The van der Waals surface area contributed by atoms with Crippen molar-refractivity contribution in [2.45, 2.75) is 32.7 Å². The Balaban J connectivity index is 1.52. The van der Waals surface area contributed by atoms with Crippen LogP contribution in [-0.4, -0.2) is 26.8 Å². The Hall–Kier alpha value is -2.99. The molecule has 3 rings (SSSR count). The van der Waals surface area contributed by atoms with Crippen LogP contribution < -0.4 is 5.32 Å². The topological polar surface area (TPSA) is 69.0 Å². The highest BCUT2D eigenvalue weighted by Crippen LogP contribution is 2.10. The molecule has 0 bridgehead atoms. The van der Waals surface area contributed by atoms with Gasteiger partial charge in [0, 0.05) is 6.54 Å². The Morgan fingerprint density at radius 1 is 1.12 bits per heavy atom. The van der Waals surface area contributed by atoms with E-state index in [9.17, 15) is 4.79 Å². The highest BCUT2D eigenvalue weighted by molar-refractivity contribution is 5.80. The summed E-state index contributed by atoms with van der Waals surface area (Å²) in [5.74, 6) is -0.128. The number of nitrogens with zero attached hydrogens (tertiary/aromatic N) is 3. The molecule has 26 heavy (non-hydrogen) atoms. The normalized spacial score (nSPS) is 11.9. The van der Waals surface area contributed by atoms with E-state index in [1.54, 1.807) is 17.9 Å². The summed E-state index contributed by atoms with van der Waals surface area (Å²) in [6, 6.07) is 17.8. The molecular weight excluding hydrogens is 328 g/mol. The number of aromatic nitrogens is 3. The number of carbonyl (C=O) groups is 1. The Morgan fingerprint density at radius 2 is 1.85 bits per heavy atom. The van der Waals surface area contributed by atoms with E-state index in [1.165, 1.54) is 6.33 Å². The van der Waals surface area contributed by atoms with Gasteiger partial charge in [-0.15, -0.1) is 0 Å². The van der Waals surface area contributed by atoms with Gasteiger partial charge in [-0.25, -0.2) is 9.67 Å². The fourth-order valence-corrected chi connectivity index (χ4v) is 2.57. The maximum Gasteiger partial charge on any atom is 0.249 e. The minimum atomic E-state index is -0.516. The fourth-order valence-electron chi connectivity index (χ4n) is 2.57. The third-order valence-corrected chi connectivity index (χ3v) is 4.08. The first-order chi connectivity index (χ1) is 12.7. The first kappa shape index (κ1) is 17.8. The molecule has 0 saturated heterocycles. The van der Waals surface area contributed by atoms with Gasteiger partial charge in [-0.3, -0.25) is 4.79 Å². The van der Waals surface area contributed by atoms with Gasteiger partial charge in [0.15, 0.2) is 0 Å². The fraction of sp³-hybridized carbons (Fsp3) is 0.250. The summed E-state index contributed by atoms with van der Waals surface area (Å²) in [6.07, 6.45) is 2.67. The molecule has 1 N–H and O–H groups in total. The van der Waals surface area contributed by atoms with Crippen LogP contribution in [0.15, 0.2) is 67.3 Å². The molecule has 1 atom stereocenters. The first-order valence-electron chi connectivity index (χ1n) is 8.55. The number of rotatable bonds is 8. The average Bonchev–Trinajstić information content (AvgIpc) is 3.19. The largest absolute Gasteiger partial charge is 0.364 e.